The van der Waals surface area contributed by atoms with Gasteiger partial charge in [0.25, 0.3) is 5.56 Å². The smallest absolute Gasteiger partial charge is 0.293 e. The molecule has 0 spiro atoms. The first-order valence-corrected chi connectivity index (χ1v) is 6.47. The van der Waals surface area contributed by atoms with E-state index in [0.717, 1.165) is 25.3 Å². The molecule has 1 aromatic heterocycles. The highest BCUT2D eigenvalue weighted by Gasteiger charge is 2.02. The summed E-state index contributed by atoms with van der Waals surface area (Å²) in [5.41, 5.74) is -0.0274. The van der Waals surface area contributed by atoms with Crippen molar-refractivity contribution in [3.8, 4) is 0 Å². The van der Waals surface area contributed by atoms with E-state index in [1.807, 2.05) is 13.2 Å². The Morgan fingerprint density at radius 2 is 2.40 bits per heavy atom. The van der Waals surface area contributed by atoms with E-state index in [0.29, 0.717) is 5.82 Å². The maximum absolute atomic E-state index is 11.8. The third kappa shape index (κ3) is 3.58. The molecule has 1 aromatic rings. The topological polar surface area (TPSA) is 46.9 Å². The minimum atomic E-state index is -0.0274. The second-order valence-corrected chi connectivity index (χ2v) is 4.18. The number of nitrogens with one attached hydrogen (secondary N) is 1. The summed E-state index contributed by atoms with van der Waals surface area (Å²) in [6.07, 6.45) is 6.38. The number of thioether (sulfide) groups is 1. The molecule has 5 heteroatoms. The normalized spacial score (nSPS) is 10.3. The van der Waals surface area contributed by atoms with Crippen LogP contribution in [0.1, 0.15) is 13.3 Å². The molecular weight excluding hydrogens is 210 g/mol. The van der Waals surface area contributed by atoms with Crippen LogP contribution < -0.4 is 10.9 Å². The van der Waals surface area contributed by atoms with Crippen LogP contribution in [0.3, 0.4) is 0 Å². The molecule has 1 N–H and O–H groups in total. The van der Waals surface area contributed by atoms with E-state index in [9.17, 15) is 4.79 Å². The van der Waals surface area contributed by atoms with Gasteiger partial charge in [0.1, 0.15) is 0 Å². The number of rotatable bonds is 6. The molecule has 15 heavy (non-hydrogen) atoms. The van der Waals surface area contributed by atoms with Gasteiger partial charge in [-0.05, 0) is 12.7 Å². The van der Waals surface area contributed by atoms with Gasteiger partial charge in [0.2, 0.25) is 0 Å². The Hall–Kier alpha value is -0.970. The van der Waals surface area contributed by atoms with Crippen molar-refractivity contribution in [1.82, 2.24) is 9.55 Å². The second kappa shape index (κ2) is 6.50. The van der Waals surface area contributed by atoms with Crippen LogP contribution in [0.15, 0.2) is 17.2 Å². The molecule has 0 aliphatic carbocycles. The molecule has 0 atom stereocenters. The Kier molecular flexibility index (Phi) is 5.25. The molecule has 0 fully saturated rings. The first kappa shape index (κ1) is 12.1. The van der Waals surface area contributed by atoms with Crippen LogP contribution in [0.25, 0.3) is 0 Å². The Morgan fingerprint density at radius 1 is 1.60 bits per heavy atom. The summed E-state index contributed by atoms with van der Waals surface area (Å²) >= 11 is 1.74. The van der Waals surface area contributed by atoms with Gasteiger partial charge in [-0.2, -0.15) is 11.8 Å². The monoisotopic (exact) mass is 227 g/mol. The summed E-state index contributed by atoms with van der Waals surface area (Å²) in [5.74, 6) is 1.43. The van der Waals surface area contributed by atoms with E-state index < -0.39 is 0 Å². The average molecular weight is 227 g/mol. The van der Waals surface area contributed by atoms with Gasteiger partial charge < -0.3 is 9.88 Å². The quantitative estimate of drug-likeness (QED) is 0.747. The predicted molar refractivity (Wildman–Crippen MR) is 65.7 cm³/mol. The van der Waals surface area contributed by atoms with Gasteiger partial charge in [-0.3, -0.25) is 4.79 Å². The summed E-state index contributed by atoms with van der Waals surface area (Å²) in [5, 5.41) is 3.05. The minimum Gasteiger partial charge on any atom is -0.365 e. The lowest BCUT2D eigenvalue weighted by molar-refractivity contribution is 0.649. The molecule has 0 unspecified atom stereocenters. The van der Waals surface area contributed by atoms with Crippen molar-refractivity contribution >= 4 is 17.6 Å². The van der Waals surface area contributed by atoms with Crippen LogP contribution in [0.5, 0.6) is 0 Å². The van der Waals surface area contributed by atoms with E-state index in [-0.39, 0.29) is 5.56 Å². The molecule has 0 saturated heterocycles. The molecule has 84 valence electrons. The van der Waals surface area contributed by atoms with Gasteiger partial charge in [-0.25, -0.2) is 4.98 Å². The molecule has 0 aromatic carbocycles. The zero-order chi connectivity index (χ0) is 11.1. The predicted octanol–water partition coefficient (Wildman–Crippen LogP) is 1.43. The SMILES string of the molecule is CCCn1ccnc(NCCSC)c1=O. The van der Waals surface area contributed by atoms with Gasteiger partial charge in [0.15, 0.2) is 5.82 Å². The van der Waals surface area contributed by atoms with Crippen molar-refractivity contribution < 1.29 is 0 Å². The molecule has 1 rings (SSSR count). The zero-order valence-electron chi connectivity index (χ0n) is 9.19. The minimum absolute atomic E-state index is 0.0274. The maximum atomic E-state index is 11.8. The third-order valence-corrected chi connectivity index (χ3v) is 2.59. The summed E-state index contributed by atoms with van der Waals surface area (Å²) in [6.45, 7) is 3.58. The molecule has 0 bridgehead atoms. The number of hydrogen-bond acceptors (Lipinski definition) is 4. The van der Waals surface area contributed by atoms with Crippen LogP contribution >= 0.6 is 11.8 Å². The third-order valence-electron chi connectivity index (χ3n) is 1.98. The van der Waals surface area contributed by atoms with Crippen molar-refractivity contribution in [3.63, 3.8) is 0 Å². The van der Waals surface area contributed by atoms with Crippen molar-refractivity contribution in [2.75, 3.05) is 23.9 Å². The Morgan fingerprint density at radius 3 is 3.07 bits per heavy atom. The standard InChI is InChI=1S/C10H17N3OS/c1-3-6-13-7-4-11-9(10(13)14)12-5-8-15-2/h4,7H,3,5-6,8H2,1-2H3,(H,11,12). The number of aromatic nitrogens is 2. The fourth-order valence-electron chi connectivity index (χ4n) is 1.26. The van der Waals surface area contributed by atoms with Gasteiger partial charge in [0.05, 0.1) is 0 Å². The molecule has 0 radical (unpaired) electrons. The summed E-state index contributed by atoms with van der Waals surface area (Å²) in [6, 6.07) is 0. The lowest BCUT2D eigenvalue weighted by Crippen LogP contribution is -2.25. The van der Waals surface area contributed by atoms with Gasteiger partial charge >= 0.3 is 0 Å². The van der Waals surface area contributed by atoms with Crippen LogP contribution in [-0.2, 0) is 6.54 Å². The fourth-order valence-corrected chi connectivity index (χ4v) is 1.56. The molecule has 1 heterocycles. The van der Waals surface area contributed by atoms with E-state index >= 15 is 0 Å². The summed E-state index contributed by atoms with van der Waals surface area (Å²) in [7, 11) is 0. The number of anilines is 1. The highest BCUT2D eigenvalue weighted by atomic mass is 32.2. The number of nitrogens with zero attached hydrogens (tertiary/aromatic N) is 2. The van der Waals surface area contributed by atoms with Crippen molar-refractivity contribution in [2.45, 2.75) is 19.9 Å². The zero-order valence-corrected chi connectivity index (χ0v) is 10.0. The van der Waals surface area contributed by atoms with Crippen LogP contribution in [0.4, 0.5) is 5.82 Å². The van der Waals surface area contributed by atoms with Gasteiger partial charge in [-0.15, -0.1) is 0 Å². The lowest BCUT2D eigenvalue weighted by Gasteiger charge is -2.07. The van der Waals surface area contributed by atoms with Crippen molar-refractivity contribution in [1.29, 1.82) is 0 Å². The Bertz CT molecular complexity index is 351. The van der Waals surface area contributed by atoms with E-state index in [1.54, 1.807) is 28.7 Å². The molecule has 0 saturated carbocycles. The van der Waals surface area contributed by atoms with Gasteiger partial charge in [-0.1, -0.05) is 6.92 Å². The van der Waals surface area contributed by atoms with Crippen LogP contribution in [0, 0.1) is 0 Å². The molecule has 4 nitrogen and oxygen atoms in total. The highest BCUT2D eigenvalue weighted by Crippen LogP contribution is 1.96. The number of hydrogen-bond donors (Lipinski definition) is 1. The molecule has 0 aliphatic heterocycles. The first-order chi connectivity index (χ1) is 7.29. The van der Waals surface area contributed by atoms with E-state index in [1.165, 1.54) is 0 Å². The van der Waals surface area contributed by atoms with Gasteiger partial charge in [0, 0.05) is 31.2 Å². The molecule has 0 amide bonds. The van der Waals surface area contributed by atoms with Crippen molar-refractivity contribution in [2.24, 2.45) is 0 Å². The largest absolute Gasteiger partial charge is 0.365 e. The number of aryl methyl sites for hydroxylation is 1. The average Bonchev–Trinajstić information content (AvgIpc) is 2.24. The molecular formula is C10H17N3OS. The first-order valence-electron chi connectivity index (χ1n) is 5.07. The fraction of sp³-hybridized carbons (Fsp3) is 0.600. The Labute approximate surface area is 94.1 Å². The Balaban J connectivity index is 2.71. The van der Waals surface area contributed by atoms with Crippen LogP contribution in [-0.4, -0.2) is 28.1 Å². The molecule has 0 aliphatic rings. The van der Waals surface area contributed by atoms with E-state index in [2.05, 4.69) is 10.3 Å². The summed E-state index contributed by atoms with van der Waals surface area (Å²) < 4.78 is 1.69. The van der Waals surface area contributed by atoms with Crippen LogP contribution in [0.2, 0.25) is 0 Å². The van der Waals surface area contributed by atoms with Crippen molar-refractivity contribution in [3.05, 3.63) is 22.7 Å². The maximum Gasteiger partial charge on any atom is 0.293 e. The van der Waals surface area contributed by atoms with E-state index in [4.69, 9.17) is 0 Å². The second-order valence-electron chi connectivity index (χ2n) is 3.19. The lowest BCUT2D eigenvalue weighted by atomic mass is 10.4. The highest BCUT2D eigenvalue weighted by molar-refractivity contribution is 7.98. The summed E-state index contributed by atoms with van der Waals surface area (Å²) in [4.78, 5) is 15.8.